The van der Waals surface area contributed by atoms with Crippen molar-refractivity contribution >= 4 is 18.3 Å². The topological polar surface area (TPSA) is 54.5 Å². The van der Waals surface area contributed by atoms with E-state index in [9.17, 15) is 13.6 Å². The van der Waals surface area contributed by atoms with Crippen LogP contribution < -0.4 is 10.1 Å². The first-order valence-corrected chi connectivity index (χ1v) is 6.47. The lowest BCUT2D eigenvalue weighted by Gasteiger charge is -2.31. The summed E-state index contributed by atoms with van der Waals surface area (Å²) in [5, 5.41) is 3.24. The average Bonchev–Trinajstić information content (AvgIpc) is 2.44. The van der Waals surface area contributed by atoms with Crippen molar-refractivity contribution in [2.24, 2.45) is 0 Å². The van der Waals surface area contributed by atoms with Gasteiger partial charge < -0.3 is 15.0 Å². The van der Waals surface area contributed by atoms with Crippen molar-refractivity contribution in [3.63, 3.8) is 0 Å². The molecule has 1 fully saturated rings. The second kappa shape index (κ2) is 8.09. The molecule has 1 atom stereocenters. The van der Waals surface area contributed by atoms with Crippen LogP contribution >= 0.6 is 12.4 Å². The van der Waals surface area contributed by atoms with Gasteiger partial charge in [0.1, 0.15) is 5.69 Å². The van der Waals surface area contributed by atoms with Gasteiger partial charge in [0, 0.05) is 31.7 Å². The Balaban J connectivity index is 0.00000220. The third-order valence-electron chi connectivity index (χ3n) is 2.96. The fourth-order valence-corrected chi connectivity index (χ4v) is 2.04. The van der Waals surface area contributed by atoms with Gasteiger partial charge in [-0.05, 0) is 13.0 Å². The summed E-state index contributed by atoms with van der Waals surface area (Å²) < 4.78 is 29.0. The summed E-state index contributed by atoms with van der Waals surface area (Å²) in [6.07, 6.45) is -2.56. The van der Waals surface area contributed by atoms with Crippen molar-refractivity contribution < 1.29 is 18.3 Å². The summed E-state index contributed by atoms with van der Waals surface area (Å²) in [5.74, 6) is -0.167. The second-order valence-corrected chi connectivity index (χ2v) is 4.67. The maximum Gasteiger partial charge on any atom is 0.272 e. The third kappa shape index (κ3) is 5.09. The van der Waals surface area contributed by atoms with E-state index in [4.69, 9.17) is 4.74 Å². The number of pyridine rings is 1. The van der Waals surface area contributed by atoms with E-state index in [2.05, 4.69) is 10.3 Å². The average molecular weight is 322 g/mol. The zero-order chi connectivity index (χ0) is 14.5. The molecule has 0 aliphatic carbocycles. The van der Waals surface area contributed by atoms with Gasteiger partial charge in [-0.1, -0.05) is 6.07 Å². The Bertz CT molecular complexity index is 476. The minimum atomic E-state index is -2.56. The minimum Gasteiger partial charge on any atom is -0.472 e. The number of nitrogens with one attached hydrogen (secondary N) is 1. The van der Waals surface area contributed by atoms with E-state index in [1.165, 1.54) is 6.07 Å². The van der Waals surface area contributed by atoms with Gasteiger partial charge in [-0.25, -0.2) is 13.8 Å². The van der Waals surface area contributed by atoms with Gasteiger partial charge in [-0.15, -0.1) is 12.4 Å². The molecule has 0 radical (unpaired) electrons. The molecule has 1 aromatic rings. The molecule has 0 saturated carbocycles. The van der Waals surface area contributed by atoms with Crippen LogP contribution in [0.25, 0.3) is 0 Å². The number of hydrogen-bond acceptors (Lipinski definition) is 4. The predicted molar refractivity (Wildman–Crippen MR) is 76.4 cm³/mol. The predicted octanol–water partition coefficient (Wildman–Crippen LogP) is 1.58. The van der Waals surface area contributed by atoms with Crippen molar-refractivity contribution in [2.75, 3.05) is 26.2 Å². The molecule has 21 heavy (non-hydrogen) atoms. The van der Waals surface area contributed by atoms with Crippen LogP contribution in [0.15, 0.2) is 18.2 Å². The molecule has 1 aromatic heterocycles. The third-order valence-corrected chi connectivity index (χ3v) is 2.96. The first-order valence-electron chi connectivity index (χ1n) is 6.47. The molecule has 2 heterocycles. The maximum atomic E-state index is 12.3. The highest BCUT2D eigenvalue weighted by Crippen LogP contribution is 2.12. The Morgan fingerprint density at radius 3 is 3.00 bits per heavy atom. The lowest BCUT2D eigenvalue weighted by molar-refractivity contribution is 0.0696. The molecule has 1 saturated heterocycles. The van der Waals surface area contributed by atoms with E-state index in [0.717, 1.165) is 6.54 Å². The van der Waals surface area contributed by atoms with E-state index in [-0.39, 0.29) is 35.9 Å². The summed E-state index contributed by atoms with van der Waals surface area (Å²) in [6, 6.07) is 4.82. The first kappa shape index (κ1) is 17.6. The van der Waals surface area contributed by atoms with Crippen LogP contribution in [-0.2, 0) is 0 Å². The molecule has 0 bridgehead atoms. The Kier molecular flexibility index (Phi) is 6.77. The fraction of sp³-hybridized carbons (Fsp3) is 0.538. The smallest absolute Gasteiger partial charge is 0.272 e. The van der Waals surface area contributed by atoms with Gasteiger partial charge in [-0.3, -0.25) is 4.79 Å². The van der Waals surface area contributed by atoms with Crippen LogP contribution in [0.3, 0.4) is 0 Å². The van der Waals surface area contributed by atoms with Gasteiger partial charge >= 0.3 is 0 Å². The summed E-state index contributed by atoms with van der Waals surface area (Å²) >= 11 is 0. The number of carbonyl (C=O) groups excluding carboxylic acids is 1. The van der Waals surface area contributed by atoms with Gasteiger partial charge in [-0.2, -0.15) is 0 Å². The van der Waals surface area contributed by atoms with Crippen molar-refractivity contribution in [1.82, 2.24) is 15.2 Å². The summed E-state index contributed by atoms with van der Waals surface area (Å²) in [4.78, 5) is 17.9. The van der Waals surface area contributed by atoms with Crippen LogP contribution in [0, 0.1) is 0 Å². The quantitative estimate of drug-likeness (QED) is 0.915. The van der Waals surface area contributed by atoms with Crippen molar-refractivity contribution in [1.29, 1.82) is 0 Å². The number of hydrogen-bond donors (Lipinski definition) is 1. The highest BCUT2D eigenvalue weighted by molar-refractivity contribution is 5.92. The molecule has 1 aliphatic rings. The number of halogens is 3. The molecule has 0 spiro atoms. The number of piperazine rings is 1. The highest BCUT2D eigenvalue weighted by atomic mass is 35.5. The van der Waals surface area contributed by atoms with Crippen LogP contribution in [0.1, 0.15) is 17.4 Å². The highest BCUT2D eigenvalue weighted by Gasteiger charge is 2.22. The summed E-state index contributed by atoms with van der Waals surface area (Å²) in [5.41, 5.74) is 0.214. The van der Waals surface area contributed by atoms with Crippen LogP contribution in [0.4, 0.5) is 8.78 Å². The van der Waals surface area contributed by atoms with Crippen molar-refractivity contribution in [2.45, 2.75) is 19.4 Å². The van der Waals surface area contributed by atoms with E-state index in [0.29, 0.717) is 13.1 Å². The van der Waals surface area contributed by atoms with E-state index < -0.39 is 13.0 Å². The van der Waals surface area contributed by atoms with Crippen LogP contribution in [0.2, 0.25) is 0 Å². The lowest BCUT2D eigenvalue weighted by Crippen LogP contribution is -2.51. The Morgan fingerprint density at radius 2 is 2.33 bits per heavy atom. The number of aromatic nitrogens is 1. The second-order valence-electron chi connectivity index (χ2n) is 4.67. The molecular formula is C13H18ClF2N3O2. The number of amides is 1. The molecular weight excluding hydrogens is 304 g/mol. The van der Waals surface area contributed by atoms with Gasteiger partial charge in [0.25, 0.3) is 12.3 Å². The SMILES string of the molecule is C[C@@H]1CN(C(=O)c2cccc(OCC(F)F)n2)CCN1.Cl. The molecule has 0 aromatic carbocycles. The largest absolute Gasteiger partial charge is 0.472 e. The minimum absolute atomic E-state index is 0. The number of ether oxygens (including phenoxy) is 1. The molecule has 1 N–H and O–H groups in total. The number of rotatable bonds is 4. The van der Waals surface area contributed by atoms with Gasteiger partial charge in [0.05, 0.1) is 0 Å². The van der Waals surface area contributed by atoms with Crippen LogP contribution in [-0.4, -0.2) is 54.5 Å². The van der Waals surface area contributed by atoms with Crippen molar-refractivity contribution in [3.05, 3.63) is 23.9 Å². The van der Waals surface area contributed by atoms with E-state index >= 15 is 0 Å². The number of nitrogens with zero attached hydrogens (tertiary/aromatic N) is 2. The zero-order valence-corrected chi connectivity index (χ0v) is 12.4. The number of carbonyl (C=O) groups is 1. The molecule has 1 amide bonds. The Morgan fingerprint density at radius 1 is 1.57 bits per heavy atom. The van der Waals surface area contributed by atoms with E-state index in [1.54, 1.807) is 17.0 Å². The first-order chi connectivity index (χ1) is 9.56. The molecule has 0 unspecified atom stereocenters. The molecule has 5 nitrogen and oxygen atoms in total. The Labute approximate surface area is 128 Å². The molecule has 2 rings (SSSR count). The standard InChI is InChI=1S/C13H17F2N3O2.ClH/c1-9-7-18(6-5-16-9)13(19)10-3-2-4-12(17-10)20-8-11(14)15;/h2-4,9,11,16H,5-8H2,1H3;1H/t9-;/m1./s1. The van der Waals surface area contributed by atoms with Crippen LogP contribution in [0.5, 0.6) is 5.88 Å². The summed E-state index contributed by atoms with van der Waals surface area (Å²) in [6.45, 7) is 3.20. The normalized spacial score (nSPS) is 18.3. The maximum absolute atomic E-state index is 12.3. The van der Waals surface area contributed by atoms with Gasteiger partial charge in [0.2, 0.25) is 5.88 Å². The van der Waals surface area contributed by atoms with E-state index in [1.807, 2.05) is 6.92 Å². The fourth-order valence-electron chi connectivity index (χ4n) is 2.04. The number of alkyl halides is 2. The molecule has 118 valence electrons. The molecule has 1 aliphatic heterocycles. The van der Waals surface area contributed by atoms with Crippen molar-refractivity contribution in [3.8, 4) is 5.88 Å². The zero-order valence-electron chi connectivity index (χ0n) is 11.6. The monoisotopic (exact) mass is 321 g/mol. The lowest BCUT2D eigenvalue weighted by atomic mass is 10.2. The molecule has 8 heteroatoms. The Hall–Kier alpha value is -1.47. The summed E-state index contributed by atoms with van der Waals surface area (Å²) in [7, 11) is 0. The van der Waals surface area contributed by atoms with Gasteiger partial charge in [0.15, 0.2) is 6.61 Å².